The van der Waals surface area contributed by atoms with Crippen LogP contribution in [0.1, 0.15) is 22.0 Å². The Morgan fingerprint density at radius 3 is 2.33 bits per heavy atom. The standard InChI is InChI=1S/C17H16F2N2O3/c1-20-17(23)15(10-6-4-3-5-7-10)21-16(22)13-12(24-2)9-8-11(18)14(13)19/h3-9,15H,1-2H3,(H,20,23)(H,21,22)/t15-/m0/s1. The van der Waals surface area contributed by atoms with Crippen molar-refractivity contribution in [2.24, 2.45) is 0 Å². The molecule has 5 nitrogen and oxygen atoms in total. The lowest BCUT2D eigenvalue weighted by Gasteiger charge is -2.19. The summed E-state index contributed by atoms with van der Waals surface area (Å²) in [6, 6.07) is 9.36. The van der Waals surface area contributed by atoms with Crippen LogP contribution in [0.25, 0.3) is 0 Å². The topological polar surface area (TPSA) is 67.4 Å². The molecular weight excluding hydrogens is 318 g/mol. The summed E-state index contributed by atoms with van der Waals surface area (Å²) in [4.78, 5) is 24.5. The summed E-state index contributed by atoms with van der Waals surface area (Å²) in [5, 5.41) is 4.83. The molecule has 2 amide bonds. The number of likely N-dealkylation sites (N-methyl/N-ethyl adjacent to an activating group) is 1. The third-order valence-electron chi connectivity index (χ3n) is 3.42. The third kappa shape index (κ3) is 3.51. The van der Waals surface area contributed by atoms with Crippen LogP contribution in [0, 0.1) is 11.6 Å². The summed E-state index contributed by atoms with van der Waals surface area (Å²) in [7, 11) is 2.64. The van der Waals surface area contributed by atoms with Crippen molar-refractivity contribution in [2.45, 2.75) is 6.04 Å². The largest absolute Gasteiger partial charge is 0.496 e. The Morgan fingerprint density at radius 1 is 1.08 bits per heavy atom. The van der Waals surface area contributed by atoms with Gasteiger partial charge in [0.05, 0.1) is 7.11 Å². The van der Waals surface area contributed by atoms with Crippen LogP contribution in [-0.4, -0.2) is 26.0 Å². The van der Waals surface area contributed by atoms with E-state index in [1.54, 1.807) is 30.3 Å². The maximum Gasteiger partial charge on any atom is 0.259 e. The van der Waals surface area contributed by atoms with Crippen molar-refractivity contribution in [3.8, 4) is 5.75 Å². The summed E-state index contributed by atoms with van der Waals surface area (Å²) in [5.74, 6) is -4.10. The summed E-state index contributed by atoms with van der Waals surface area (Å²) in [6.45, 7) is 0. The lowest BCUT2D eigenvalue weighted by Crippen LogP contribution is -2.39. The van der Waals surface area contributed by atoms with Crippen molar-refractivity contribution in [3.05, 3.63) is 65.2 Å². The molecule has 2 aromatic rings. The fraction of sp³-hybridized carbons (Fsp3) is 0.176. The molecule has 0 aliphatic carbocycles. The number of ether oxygens (including phenoxy) is 1. The first-order chi connectivity index (χ1) is 11.5. The van der Waals surface area contributed by atoms with Gasteiger partial charge in [-0.05, 0) is 17.7 Å². The van der Waals surface area contributed by atoms with Gasteiger partial charge in [0.15, 0.2) is 11.6 Å². The van der Waals surface area contributed by atoms with Gasteiger partial charge in [0.1, 0.15) is 17.4 Å². The van der Waals surface area contributed by atoms with E-state index >= 15 is 0 Å². The molecule has 0 aliphatic rings. The Labute approximate surface area is 137 Å². The molecule has 0 fully saturated rings. The molecule has 0 radical (unpaired) electrons. The average molecular weight is 334 g/mol. The van der Waals surface area contributed by atoms with E-state index in [4.69, 9.17) is 4.74 Å². The van der Waals surface area contributed by atoms with Crippen LogP contribution in [0.3, 0.4) is 0 Å². The fourth-order valence-corrected chi connectivity index (χ4v) is 2.21. The predicted molar refractivity (Wildman–Crippen MR) is 83.6 cm³/mol. The number of hydrogen-bond acceptors (Lipinski definition) is 3. The van der Waals surface area contributed by atoms with Crippen LogP contribution in [0.2, 0.25) is 0 Å². The molecule has 126 valence electrons. The molecule has 0 bridgehead atoms. The normalized spacial score (nSPS) is 11.5. The van der Waals surface area contributed by atoms with Gasteiger partial charge in [0.25, 0.3) is 5.91 Å². The van der Waals surface area contributed by atoms with Crippen LogP contribution in [-0.2, 0) is 4.79 Å². The molecule has 2 aromatic carbocycles. The zero-order chi connectivity index (χ0) is 17.7. The van der Waals surface area contributed by atoms with Crippen molar-refractivity contribution < 1.29 is 23.1 Å². The van der Waals surface area contributed by atoms with Gasteiger partial charge in [-0.2, -0.15) is 0 Å². The van der Waals surface area contributed by atoms with E-state index < -0.39 is 35.1 Å². The highest BCUT2D eigenvalue weighted by atomic mass is 19.2. The van der Waals surface area contributed by atoms with E-state index in [9.17, 15) is 18.4 Å². The third-order valence-corrected chi connectivity index (χ3v) is 3.42. The summed E-state index contributed by atoms with van der Waals surface area (Å²) in [6.07, 6.45) is 0. The molecule has 0 aliphatic heterocycles. The van der Waals surface area contributed by atoms with Crippen LogP contribution in [0.5, 0.6) is 5.75 Å². The molecule has 24 heavy (non-hydrogen) atoms. The maximum absolute atomic E-state index is 14.0. The van der Waals surface area contributed by atoms with Gasteiger partial charge in [-0.25, -0.2) is 8.78 Å². The van der Waals surface area contributed by atoms with Gasteiger partial charge >= 0.3 is 0 Å². The number of benzene rings is 2. The number of amides is 2. The second-order valence-corrected chi connectivity index (χ2v) is 4.87. The van der Waals surface area contributed by atoms with Crippen molar-refractivity contribution >= 4 is 11.8 Å². The van der Waals surface area contributed by atoms with Crippen molar-refractivity contribution in [2.75, 3.05) is 14.2 Å². The summed E-state index contributed by atoms with van der Waals surface area (Å²) >= 11 is 0. The highest BCUT2D eigenvalue weighted by Crippen LogP contribution is 2.24. The lowest BCUT2D eigenvalue weighted by molar-refractivity contribution is -0.122. The minimum absolute atomic E-state index is 0.130. The second kappa shape index (κ2) is 7.54. The van der Waals surface area contributed by atoms with Crippen molar-refractivity contribution in [1.82, 2.24) is 10.6 Å². The first-order valence-electron chi connectivity index (χ1n) is 7.09. The van der Waals surface area contributed by atoms with Crippen molar-refractivity contribution in [1.29, 1.82) is 0 Å². The molecule has 0 unspecified atom stereocenters. The first-order valence-corrected chi connectivity index (χ1v) is 7.09. The van der Waals surface area contributed by atoms with Crippen LogP contribution < -0.4 is 15.4 Å². The zero-order valence-corrected chi connectivity index (χ0v) is 13.1. The number of halogens is 2. The van der Waals surface area contributed by atoms with E-state index in [1.807, 2.05) is 0 Å². The lowest BCUT2D eigenvalue weighted by atomic mass is 10.0. The van der Waals surface area contributed by atoms with E-state index in [0.29, 0.717) is 5.56 Å². The Hall–Kier alpha value is -2.96. The fourth-order valence-electron chi connectivity index (χ4n) is 2.21. The van der Waals surface area contributed by atoms with E-state index in [2.05, 4.69) is 10.6 Å². The van der Waals surface area contributed by atoms with Gasteiger partial charge in [-0.1, -0.05) is 30.3 Å². The number of hydrogen-bond donors (Lipinski definition) is 2. The van der Waals surface area contributed by atoms with E-state index in [1.165, 1.54) is 14.2 Å². The highest BCUT2D eigenvalue weighted by molar-refractivity contribution is 6.00. The highest BCUT2D eigenvalue weighted by Gasteiger charge is 2.27. The van der Waals surface area contributed by atoms with E-state index in [0.717, 1.165) is 12.1 Å². The Balaban J connectivity index is 2.39. The molecule has 0 aromatic heterocycles. The molecule has 0 saturated heterocycles. The molecule has 0 saturated carbocycles. The Bertz CT molecular complexity index is 751. The van der Waals surface area contributed by atoms with Crippen LogP contribution in [0.15, 0.2) is 42.5 Å². The number of methoxy groups -OCH3 is 1. The Morgan fingerprint density at radius 2 is 1.75 bits per heavy atom. The number of nitrogens with one attached hydrogen (secondary N) is 2. The number of rotatable bonds is 5. The van der Waals surface area contributed by atoms with Gasteiger partial charge in [0, 0.05) is 7.05 Å². The van der Waals surface area contributed by atoms with Gasteiger partial charge in [-0.3, -0.25) is 9.59 Å². The molecule has 1 atom stereocenters. The molecule has 7 heteroatoms. The van der Waals surface area contributed by atoms with Gasteiger partial charge in [0.2, 0.25) is 5.91 Å². The SMILES string of the molecule is CNC(=O)[C@@H](NC(=O)c1c(OC)ccc(F)c1F)c1ccccc1. The van der Waals surface area contributed by atoms with Gasteiger partial charge in [-0.15, -0.1) is 0 Å². The van der Waals surface area contributed by atoms with Crippen LogP contribution in [0.4, 0.5) is 8.78 Å². The van der Waals surface area contributed by atoms with Gasteiger partial charge < -0.3 is 15.4 Å². The average Bonchev–Trinajstić information content (AvgIpc) is 2.61. The monoisotopic (exact) mass is 334 g/mol. The molecular formula is C17H16F2N2O3. The maximum atomic E-state index is 14.0. The smallest absolute Gasteiger partial charge is 0.259 e. The van der Waals surface area contributed by atoms with Crippen LogP contribution >= 0.6 is 0 Å². The predicted octanol–water partition coefficient (Wildman–Crippen LogP) is 2.19. The zero-order valence-electron chi connectivity index (χ0n) is 13.1. The number of carbonyl (C=O) groups is 2. The molecule has 2 N–H and O–H groups in total. The molecule has 0 spiro atoms. The molecule has 2 rings (SSSR count). The summed E-state index contributed by atoms with van der Waals surface area (Å²) < 4.78 is 32.4. The second-order valence-electron chi connectivity index (χ2n) is 4.87. The van der Waals surface area contributed by atoms with Crippen molar-refractivity contribution in [3.63, 3.8) is 0 Å². The first kappa shape index (κ1) is 17.4. The quantitative estimate of drug-likeness (QED) is 0.881. The Kier molecular flexibility index (Phi) is 5.47. The minimum Gasteiger partial charge on any atom is -0.496 e. The summed E-state index contributed by atoms with van der Waals surface area (Å²) in [5.41, 5.74) is -0.0942. The molecule has 0 heterocycles. The van der Waals surface area contributed by atoms with E-state index in [-0.39, 0.29) is 5.75 Å². The number of carbonyl (C=O) groups excluding carboxylic acids is 2. The minimum atomic E-state index is -1.34.